The molecule has 162 valence electrons. The van der Waals surface area contributed by atoms with Gasteiger partial charge >= 0.3 is 5.97 Å². The van der Waals surface area contributed by atoms with Crippen LogP contribution in [0.5, 0.6) is 0 Å². The van der Waals surface area contributed by atoms with Gasteiger partial charge in [-0.3, -0.25) is 9.59 Å². The molecule has 1 aliphatic heterocycles. The molecule has 0 unspecified atom stereocenters. The Hall–Kier alpha value is -3.15. The highest BCUT2D eigenvalue weighted by atomic mass is 19.1. The van der Waals surface area contributed by atoms with Gasteiger partial charge in [-0.1, -0.05) is 50.1 Å². The highest BCUT2D eigenvalue weighted by Crippen LogP contribution is 2.42. The fourth-order valence-electron chi connectivity index (χ4n) is 4.60. The number of unbranched alkanes of at least 4 members (excludes halogenated alkanes) is 1. The summed E-state index contributed by atoms with van der Waals surface area (Å²) in [5.41, 5.74) is 3.98. The lowest BCUT2D eigenvalue weighted by atomic mass is 9.86. The van der Waals surface area contributed by atoms with Crippen LogP contribution in [0, 0.1) is 5.82 Å². The number of nitrogens with zero attached hydrogens (tertiary/aromatic N) is 1. The van der Waals surface area contributed by atoms with Crippen LogP contribution in [0.15, 0.2) is 48.5 Å². The molecule has 2 atom stereocenters. The van der Waals surface area contributed by atoms with Gasteiger partial charge in [-0.25, -0.2) is 4.39 Å². The zero-order valence-electron chi connectivity index (χ0n) is 17.9. The van der Waals surface area contributed by atoms with Gasteiger partial charge in [0.1, 0.15) is 5.82 Å². The molecule has 1 aliphatic rings. The molecule has 0 saturated carbocycles. The Bertz CT molecular complexity index is 1090. The van der Waals surface area contributed by atoms with Gasteiger partial charge in [-0.15, -0.1) is 0 Å². The van der Waals surface area contributed by atoms with Gasteiger partial charge in [0.15, 0.2) is 6.61 Å². The molecule has 3 aromatic rings. The molecular formula is C25H27FN2O3. The topological polar surface area (TPSA) is 62.4 Å². The number of carbonyl (C=O) groups excluding carboxylic acids is 2. The lowest BCUT2D eigenvalue weighted by Gasteiger charge is -2.42. The molecule has 0 saturated heterocycles. The Labute approximate surface area is 181 Å². The zero-order valence-corrected chi connectivity index (χ0v) is 17.9. The number of hydrogen-bond acceptors (Lipinski definition) is 3. The van der Waals surface area contributed by atoms with E-state index in [1.54, 1.807) is 12.1 Å². The van der Waals surface area contributed by atoms with E-state index < -0.39 is 12.0 Å². The van der Waals surface area contributed by atoms with Crippen molar-refractivity contribution in [3.63, 3.8) is 0 Å². The first kappa shape index (κ1) is 21.1. The molecule has 1 amide bonds. The van der Waals surface area contributed by atoms with Gasteiger partial charge in [-0.05, 0) is 42.2 Å². The van der Waals surface area contributed by atoms with E-state index in [9.17, 15) is 14.0 Å². The molecular weight excluding hydrogens is 395 g/mol. The number of esters is 1. The quantitative estimate of drug-likeness (QED) is 0.575. The molecule has 2 aromatic carbocycles. The summed E-state index contributed by atoms with van der Waals surface area (Å²) >= 11 is 0. The Morgan fingerprint density at radius 1 is 1.16 bits per heavy atom. The molecule has 6 heteroatoms. The van der Waals surface area contributed by atoms with Crippen LogP contribution in [0.3, 0.4) is 0 Å². The molecule has 1 aromatic heterocycles. The van der Waals surface area contributed by atoms with Crippen molar-refractivity contribution in [2.75, 3.05) is 6.61 Å². The van der Waals surface area contributed by atoms with Crippen molar-refractivity contribution in [3.05, 3.63) is 71.2 Å². The highest BCUT2D eigenvalue weighted by molar-refractivity contribution is 5.87. The van der Waals surface area contributed by atoms with Crippen molar-refractivity contribution < 1.29 is 18.7 Å². The minimum Gasteiger partial charge on any atom is -0.456 e. The van der Waals surface area contributed by atoms with Crippen molar-refractivity contribution in [2.45, 2.75) is 51.6 Å². The van der Waals surface area contributed by atoms with Crippen molar-refractivity contribution in [1.82, 2.24) is 9.88 Å². The molecule has 2 heterocycles. The summed E-state index contributed by atoms with van der Waals surface area (Å²) in [4.78, 5) is 30.0. The third kappa shape index (κ3) is 4.20. The number of aromatic nitrogens is 1. The van der Waals surface area contributed by atoms with Crippen molar-refractivity contribution >= 4 is 22.8 Å². The van der Waals surface area contributed by atoms with E-state index in [2.05, 4.69) is 18.0 Å². The van der Waals surface area contributed by atoms with Crippen molar-refractivity contribution in [1.29, 1.82) is 0 Å². The first-order chi connectivity index (χ1) is 15.0. The van der Waals surface area contributed by atoms with Crippen LogP contribution in [0.2, 0.25) is 0 Å². The zero-order chi connectivity index (χ0) is 22.0. The Morgan fingerprint density at radius 2 is 1.90 bits per heavy atom. The standard InChI is InChI=1S/C25H27FN2O3/c1-3-4-7-19-14-21-20-8-5-6-9-22(20)27-24(21)25(17-10-12-18(26)13-11-17)28(19)23(30)15-31-16(2)29/h5-6,8-13,19,25,27H,3-4,7,14-15H2,1-2H3/t19-,25-/m0/s1. The summed E-state index contributed by atoms with van der Waals surface area (Å²) in [6.07, 6.45) is 3.57. The average Bonchev–Trinajstić information content (AvgIpc) is 3.14. The number of halogens is 1. The van der Waals surface area contributed by atoms with Gasteiger partial charge in [0, 0.05) is 29.6 Å². The summed E-state index contributed by atoms with van der Waals surface area (Å²) in [7, 11) is 0. The fourth-order valence-corrected chi connectivity index (χ4v) is 4.60. The SMILES string of the molecule is CCCC[C@H]1Cc2c([nH]c3ccccc23)[C@H](c2ccc(F)cc2)N1C(=O)COC(C)=O. The largest absolute Gasteiger partial charge is 0.456 e. The number of amides is 1. The van der Waals surface area contributed by atoms with E-state index in [4.69, 9.17) is 4.74 Å². The molecule has 1 N–H and O–H groups in total. The minimum atomic E-state index is -0.486. The van der Waals surface area contributed by atoms with Crippen LogP contribution < -0.4 is 0 Å². The smallest absolute Gasteiger partial charge is 0.303 e. The summed E-state index contributed by atoms with van der Waals surface area (Å²) in [6.45, 7) is 3.12. The van der Waals surface area contributed by atoms with Crippen LogP contribution in [0.1, 0.15) is 56.0 Å². The number of para-hydroxylation sites is 1. The molecule has 5 nitrogen and oxygen atoms in total. The molecule has 4 rings (SSSR count). The van der Waals surface area contributed by atoms with Crippen LogP contribution in [-0.2, 0) is 20.7 Å². The predicted octanol–water partition coefficient (Wildman–Crippen LogP) is 4.90. The lowest BCUT2D eigenvalue weighted by molar-refractivity contribution is -0.152. The number of fused-ring (bicyclic) bond motifs is 3. The van der Waals surface area contributed by atoms with Gasteiger partial charge < -0.3 is 14.6 Å². The second-order valence-electron chi connectivity index (χ2n) is 8.10. The van der Waals surface area contributed by atoms with Gasteiger partial charge in [0.25, 0.3) is 5.91 Å². The molecule has 0 spiro atoms. The van der Waals surface area contributed by atoms with Crippen LogP contribution in [-0.4, -0.2) is 34.4 Å². The van der Waals surface area contributed by atoms with Crippen molar-refractivity contribution in [2.24, 2.45) is 0 Å². The Balaban J connectivity index is 1.85. The van der Waals surface area contributed by atoms with Gasteiger partial charge in [0.2, 0.25) is 0 Å². The number of rotatable bonds is 6. The maximum Gasteiger partial charge on any atom is 0.303 e. The average molecular weight is 423 g/mol. The Kier molecular flexibility index (Phi) is 6.07. The Morgan fingerprint density at radius 3 is 2.61 bits per heavy atom. The number of aromatic amines is 1. The third-order valence-electron chi connectivity index (χ3n) is 5.99. The maximum atomic E-state index is 13.7. The minimum absolute atomic E-state index is 0.0373. The number of benzene rings is 2. The van der Waals surface area contributed by atoms with Crippen LogP contribution >= 0.6 is 0 Å². The molecule has 0 radical (unpaired) electrons. The van der Waals surface area contributed by atoms with E-state index >= 15 is 0 Å². The fraction of sp³-hybridized carbons (Fsp3) is 0.360. The van der Waals surface area contributed by atoms with E-state index in [1.165, 1.54) is 24.6 Å². The molecule has 0 aliphatic carbocycles. The first-order valence-electron chi connectivity index (χ1n) is 10.8. The van der Waals surface area contributed by atoms with E-state index in [1.807, 2.05) is 23.1 Å². The second-order valence-corrected chi connectivity index (χ2v) is 8.10. The lowest BCUT2D eigenvalue weighted by Crippen LogP contribution is -2.49. The van der Waals surface area contributed by atoms with Crippen LogP contribution in [0.25, 0.3) is 10.9 Å². The third-order valence-corrected chi connectivity index (χ3v) is 5.99. The summed E-state index contributed by atoms with van der Waals surface area (Å²) < 4.78 is 18.7. The first-order valence-corrected chi connectivity index (χ1v) is 10.8. The number of H-pyrrole nitrogens is 1. The second kappa shape index (κ2) is 8.92. The number of hydrogen-bond donors (Lipinski definition) is 1. The highest BCUT2D eigenvalue weighted by Gasteiger charge is 2.40. The summed E-state index contributed by atoms with van der Waals surface area (Å²) in [5, 5.41) is 1.15. The van der Waals surface area contributed by atoms with Gasteiger partial charge in [0.05, 0.1) is 6.04 Å². The number of nitrogens with one attached hydrogen (secondary N) is 1. The monoisotopic (exact) mass is 422 g/mol. The summed E-state index contributed by atoms with van der Waals surface area (Å²) in [5.74, 6) is -1.05. The number of ether oxygens (including phenoxy) is 1. The van der Waals surface area contributed by atoms with E-state index in [0.29, 0.717) is 0 Å². The maximum absolute atomic E-state index is 13.7. The van der Waals surface area contributed by atoms with Gasteiger partial charge in [-0.2, -0.15) is 0 Å². The normalized spacial score (nSPS) is 18.1. The van der Waals surface area contributed by atoms with E-state index in [0.717, 1.165) is 47.8 Å². The van der Waals surface area contributed by atoms with E-state index in [-0.39, 0.29) is 24.4 Å². The molecule has 0 bridgehead atoms. The predicted molar refractivity (Wildman–Crippen MR) is 117 cm³/mol. The number of carbonyl (C=O) groups is 2. The van der Waals surface area contributed by atoms with Crippen LogP contribution in [0.4, 0.5) is 4.39 Å². The summed E-state index contributed by atoms with van der Waals surface area (Å²) in [6, 6.07) is 14.0. The molecule has 31 heavy (non-hydrogen) atoms. The van der Waals surface area contributed by atoms with Crippen molar-refractivity contribution in [3.8, 4) is 0 Å². The molecule has 0 fully saturated rings.